The molecule has 1 amide bonds. The van der Waals surface area contributed by atoms with E-state index in [9.17, 15) is 17.6 Å². The standard InChI is InChI=1S/C28H25FN2O4S/c29-24-13-11-22(12-14-24)19-31(36(33,34)27-9-5-2-6-10-27)20-28(32)30-25-15-17-26(18-16-25)35-21-23-7-3-1-4-8-23/h1-18H,19-21H2,(H,30,32). The molecule has 0 fully saturated rings. The smallest absolute Gasteiger partial charge is 0.243 e. The van der Waals surface area contributed by atoms with Crippen molar-refractivity contribution in [3.63, 3.8) is 0 Å². The van der Waals surface area contributed by atoms with Crippen LogP contribution in [0.4, 0.5) is 10.1 Å². The van der Waals surface area contributed by atoms with Crippen LogP contribution in [-0.4, -0.2) is 25.2 Å². The lowest BCUT2D eigenvalue weighted by Gasteiger charge is -2.22. The van der Waals surface area contributed by atoms with Crippen molar-refractivity contribution in [2.75, 3.05) is 11.9 Å². The topological polar surface area (TPSA) is 75.7 Å². The van der Waals surface area contributed by atoms with Crippen molar-refractivity contribution in [2.24, 2.45) is 0 Å². The number of carbonyl (C=O) groups is 1. The van der Waals surface area contributed by atoms with Gasteiger partial charge in [-0.3, -0.25) is 4.79 Å². The van der Waals surface area contributed by atoms with E-state index in [1.54, 1.807) is 42.5 Å². The van der Waals surface area contributed by atoms with Crippen LogP contribution >= 0.6 is 0 Å². The molecule has 0 aliphatic heterocycles. The van der Waals surface area contributed by atoms with Crippen LogP contribution in [0.25, 0.3) is 0 Å². The highest BCUT2D eigenvalue weighted by Crippen LogP contribution is 2.20. The van der Waals surface area contributed by atoms with Gasteiger partial charge in [-0.1, -0.05) is 60.7 Å². The van der Waals surface area contributed by atoms with E-state index in [2.05, 4.69) is 5.32 Å². The van der Waals surface area contributed by atoms with Gasteiger partial charge < -0.3 is 10.1 Å². The number of rotatable bonds is 10. The first kappa shape index (κ1) is 25.1. The van der Waals surface area contributed by atoms with Gasteiger partial charge in [0, 0.05) is 12.2 Å². The summed E-state index contributed by atoms with van der Waals surface area (Å²) in [7, 11) is -3.98. The van der Waals surface area contributed by atoms with E-state index in [-0.39, 0.29) is 11.4 Å². The first-order valence-corrected chi connectivity index (χ1v) is 12.7. The molecule has 4 rings (SSSR count). The Morgan fingerprint density at radius 1 is 0.778 bits per heavy atom. The number of halogens is 1. The molecule has 4 aromatic carbocycles. The highest BCUT2D eigenvalue weighted by Gasteiger charge is 2.27. The third-order valence-electron chi connectivity index (χ3n) is 5.36. The summed E-state index contributed by atoms with van der Waals surface area (Å²) < 4.78 is 46.7. The summed E-state index contributed by atoms with van der Waals surface area (Å²) in [5.41, 5.74) is 2.10. The van der Waals surface area contributed by atoms with Crippen molar-refractivity contribution >= 4 is 21.6 Å². The third kappa shape index (κ3) is 6.78. The second kappa shape index (κ2) is 11.6. The predicted octanol–water partition coefficient (Wildman–Crippen LogP) is 5.23. The lowest BCUT2D eigenvalue weighted by molar-refractivity contribution is -0.116. The van der Waals surface area contributed by atoms with E-state index in [1.807, 2.05) is 30.3 Å². The average molecular weight is 505 g/mol. The number of ether oxygens (including phenoxy) is 1. The summed E-state index contributed by atoms with van der Waals surface area (Å²) >= 11 is 0. The molecule has 6 nitrogen and oxygen atoms in total. The van der Waals surface area contributed by atoms with Crippen molar-refractivity contribution in [3.8, 4) is 5.75 Å². The maximum absolute atomic E-state index is 13.3. The van der Waals surface area contributed by atoms with Crippen LogP contribution in [0, 0.1) is 5.82 Å². The first-order chi connectivity index (χ1) is 17.4. The van der Waals surface area contributed by atoms with E-state index in [0.29, 0.717) is 23.6 Å². The van der Waals surface area contributed by atoms with E-state index >= 15 is 0 Å². The summed E-state index contributed by atoms with van der Waals surface area (Å²) in [4.78, 5) is 12.9. The van der Waals surface area contributed by atoms with Crippen molar-refractivity contribution in [2.45, 2.75) is 18.0 Å². The summed E-state index contributed by atoms with van der Waals surface area (Å²) in [5.74, 6) is -0.291. The van der Waals surface area contributed by atoms with Crippen molar-refractivity contribution in [1.29, 1.82) is 0 Å². The number of nitrogens with one attached hydrogen (secondary N) is 1. The van der Waals surface area contributed by atoms with Gasteiger partial charge in [0.05, 0.1) is 11.4 Å². The second-order valence-electron chi connectivity index (χ2n) is 8.06. The first-order valence-electron chi connectivity index (χ1n) is 11.3. The molecule has 0 bridgehead atoms. The molecule has 0 radical (unpaired) electrons. The minimum absolute atomic E-state index is 0.0693. The quantitative estimate of drug-likeness (QED) is 0.321. The van der Waals surface area contributed by atoms with E-state index in [1.165, 1.54) is 36.4 Å². The monoisotopic (exact) mass is 504 g/mol. The Bertz CT molecular complexity index is 1380. The maximum atomic E-state index is 13.3. The van der Waals surface area contributed by atoms with Gasteiger partial charge in [0.1, 0.15) is 18.2 Å². The van der Waals surface area contributed by atoms with Gasteiger partial charge in [-0.15, -0.1) is 0 Å². The molecule has 1 N–H and O–H groups in total. The molecule has 0 atom stereocenters. The van der Waals surface area contributed by atoms with Gasteiger partial charge >= 0.3 is 0 Å². The van der Waals surface area contributed by atoms with Crippen molar-refractivity contribution in [1.82, 2.24) is 4.31 Å². The van der Waals surface area contributed by atoms with Gasteiger partial charge in [0.25, 0.3) is 0 Å². The van der Waals surface area contributed by atoms with Crippen LogP contribution < -0.4 is 10.1 Å². The number of benzene rings is 4. The van der Waals surface area contributed by atoms with Crippen LogP contribution in [0.2, 0.25) is 0 Å². The summed E-state index contributed by atoms with van der Waals surface area (Å²) in [6.07, 6.45) is 0. The van der Waals surface area contributed by atoms with Crippen LogP contribution in [0.3, 0.4) is 0 Å². The van der Waals surface area contributed by atoms with Crippen LogP contribution in [0.15, 0.2) is 114 Å². The number of nitrogens with zero attached hydrogens (tertiary/aromatic N) is 1. The van der Waals surface area contributed by atoms with Gasteiger partial charge in [0.2, 0.25) is 15.9 Å². The van der Waals surface area contributed by atoms with Gasteiger partial charge in [-0.25, -0.2) is 12.8 Å². The zero-order valence-corrected chi connectivity index (χ0v) is 20.2. The Morgan fingerprint density at radius 3 is 2.03 bits per heavy atom. The molecule has 0 saturated carbocycles. The number of hydrogen-bond donors (Lipinski definition) is 1. The normalized spacial score (nSPS) is 11.3. The highest BCUT2D eigenvalue weighted by molar-refractivity contribution is 7.89. The fourth-order valence-electron chi connectivity index (χ4n) is 3.50. The lowest BCUT2D eigenvalue weighted by Crippen LogP contribution is -2.37. The second-order valence-corrected chi connectivity index (χ2v) is 10.00. The Morgan fingerprint density at radius 2 is 1.39 bits per heavy atom. The minimum Gasteiger partial charge on any atom is -0.489 e. The Kier molecular flexibility index (Phi) is 8.10. The number of hydrogen-bond acceptors (Lipinski definition) is 4. The average Bonchev–Trinajstić information content (AvgIpc) is 2.90. The van der Waals surface area contributed by atoms with Crippen LogP contribution in [0.1, 0.15) is 11.1 Å². The minimum atomic E-state index is -3.98. The fraction of sp³-hybridized carbons (Fsp3) is 0.107. The third-order valence-corrected chi connectivity index (χ3v) is 7.17. The molecule has 0 aromatic heterocycles. The molecular formula is C28H25FN2O4S. The Labute approximate surface area is 210 Å². The zero-order chi connectivity index (χ0) is 25.4. The fourth-order valence-corrected chi connectivity index (χ4v) is 4.90. The summed E-state index contributed by atoms with van der Waals surface area (Å²) in [6.45, 7) is -0.0830. The van der Waals surface area contributed by atoms with Gasteiger partial charge in [-0.05, 0) is 59.7 Å². The maximum Gasteiger partial charge on any atom is 0.243 e. The molecule has 0 unspecified atom stereocenters. The number of amides is 1. The molecule has 8 heteroatoms. The number of anilines is 1. The van der Waals surface area contributed by atoms with E-state index < -0.39 is 28.3 Å². The van der Waals surface area contributed by atoms with Crippen LogP contribution in [-0.2, 0) is 28.0 Å². The molecule has 0 spiro atoms. The Balaban J connectivity index is 1.44. The largest absolute Gasteiger partial charge is 0.489 e. The number of sulfonamides is 1. The predicted molar refractivity (Wildman–Crippen MR) is 136 cm³/mol. The highest BCUT2D eigenvalue weighted by atomic mass is 32.2. The SMILES string of the molecule is O=C(CN(Cc1ccc(F)cc1)S(=O)(=O)c1ccccc1)Nc1ccc(OCc2ccccc2)cc1. The molecule has 0 heterocycles. The zero-order valence-electron chi connectivity index (χ0n) is 19.4. The number of carbonyl (C=O) groups excluding carboxylic acids is 1. The van der Waals surface area contributed by atoms with Crippen LogP contribution in [0.5, 0.6) is 5.75 Å². The van der Waals surface area contributed by atoms with E-state index in [4.69, 9.17) is 4.74 Å². The molecule has 0 aliphatic rings. The van der Waals surface area contributed by atoms with Crippen molar-refractivity contribution < 1.29 is 22.3 Å². The lowest BCUT2D eigenvalue weighted by atomic mass is 10.2. The summed E-state index contributed by atoms with van der Waals surface area (Å²) in [5, 5.41) is 2.73. The molecule has 184 valence electrons. The van der Waals surface area contributed by atoms with Gasteiger partial charge in [0.15, 0.2) is 0 Å². The molecular weight excluding hydrogens is 479 g/mol. The van der Waals surface area contributed by atoms with E-state index in [0.717, 1.165) is 9.87 Å². The summed E-state index contributed by atoms with van der Waals surface area (Å²) in [6, 6.07) is 30.0. The Hall–Kier alpha value is -4.01. The molecule has 0 aliphatic carbocycles. The van der Waals surface area contributed by atoms with Crippen molar-refractivity contribution in [3.05, 3.63) is 126 Å². The molecule has 0 saturated heterocycles. The van der Waals surface area contributed by atoms with Gasteiger partial charge in [-0.2, -0.15) is 4.31 Å². The molecule has 4 aromatic rings. The molecule has 36 heavy (non-hydrogen) atoms.